The largest absolute Gasteiger partial charge is 0.481 e. The summed E-state index contributed by atoms with van der Waals surface area (Å²) in [5, 5.41) is 11.2. The van der Waals surface area contributed by atoms with Crippen LogP contribution in [0.5, 0.6) is 0 Å². The maximum Gasteiger partial charge on any atom is 0.309 e. The number of carboxylic acids is 1. The Hall–Kier alpha value is -0.870. The van der Waals surface area contributed by atoms with Gasteiger partial charge in [-0.3, -0.25) is 9.69 Å². The van der Waals surface area contributed by atoms with Crippen molar-refractivity contribution >= 4 is 17.3 Å². The Morgan fingerprint density at radius 3 is 2.75 bits per heavy atom. The molecule has 0 aromatic carbocycles. The average Bonchev–Trinajstić information content (AvgIpc) is 3.11. The zero-order valence-electron chi connectivity index (χ0n) is 12.5. The van der Waals surface area contributed by atoms with Crippen LogP contribution in [0.1, 0.15) is 50.8 Å². The maximum absolute atomic E-state index is 11.1. The van der Waals surface area contributed by atoms with Crippen LogP contribution in [0.4, 0.5) is 0 Å². The van der Waals surface area contributed by atoms with Crippen molar-refractivity contribution in [3.8, 4) is 0 Å². The van der Waals surface area contributed by atoms with Crippen molar-refractivity contribution in [2.45, 2.75) is 58.5 Å². The summed E-state index contributed by atoms with van der Waals surface area (Å²) in [6.07, 6.45) is 5.50. The highest BCUT2D eigenvalue weighted by Gasteiger charge is 2.29. The molecule has 1 aromatic heterocycles. The van der Waals surface area contributed by atoms with Gasteiger partial charge in [0, 0.05) is 17.5 Å². The quantitative estimate of drug-likeness (QED) is 0.700. The second kappa shape index (κ2) is 6.72. The molecule has 0 spiro atoms. The Labute approximate surface area is 125 Å². The first-order valence-corrected chi connectivity index (χ1v) is 8.37. The van der Waals surface area contributed by atoms with Crippen molar-refractivity contribution in [1.29, 1.82) is 0 Å². The fraction of sp³-hybridized carbons (Fsp3) is 0.688. The summed E-state index contributed by atoms with van der Waals surface area (Å²) in [7, 11) is 0. The van der Waals surface area contributed by atoms with Gasteiger partial charge >= 0.3 is 5.97 Å². The van der Waals surface area contributed by atoms with E-state index in [0.29, 0.717) is 0 Å². The van der Waals surface area contributed by atoms with Crippen LogP contribution in [0, 0.1) is 5.41 Å². The Kier molecular flexibility index (Phi) is 5.22. The van der Waals surface area contributed by atoms with E-state index in [1.807, 2.05) is 25.2 Å². The van der Waals surface area contributed by atoms with Crippen molar-refractivity contribution < 1.29 is 9.90 Å². The lowest BCUT2D eigenvalue weighted by molar-refractivity contribution is -0.147. The standard InChI is InChI=1S/C16H25NO2S/c1-16(2,15(18)19)9-3-4-10-17(13-7-8-13)12-14-6-5-11-20-14/h5-6,11,13H,3-4,7-10,12H2,1-2H3,(H,18,19). The summed E-state index contributed by atoms with van der Waals surface area (Å²) in [6, 6.07) is 5.08. The van der Waals surface area contributed by atoms with E-state index in [2.05, 4.69) is 22.4 Å². The molecule has 1 heterocycles. The number of rotatable bonds is 9. The molecule has 1 N–H and O–H groups in total. The van der Waals surface area contributed by atoms with Gasteiger partial charge in [0.15, 0.2) is 0 Å². The summed E-state index contributed by atoms with van der Waals surface area (Å²) >= 11 is 1.82. The molecule has 0 saturated heterocycles. The van der Waals surface area contributed by atoms with Crippen LogP contribution in [0.15, 0.2) is 17.5 Å². The Morgan fingerprint density at radius 2 is 2.20 bits per heavy atom. The van der Waals surface area contributed by atoms with Crippen LogP contribution >= 0.6 is 11.3 Å². The summed E-state index contributed by atoms with van der Waals surface area (Å²) in [6.45, 7) is 5.79. The minimum absolute atomic E-state index is 0.585. The van der Waals surface area contributed by atoms with Crippen LogP contribution in [-0.4, -0.2) is 28.6 Å². The van der Waals surface area contributed by atoms with Gasteiger partial charge in [0.2, 0.25) is 0 Å². The molecule has 3 nitrogen and oxygen atoms in total. The third-order valence-corrected chi connectivity index (χ3v) is 4.94. The van der Waals surface area contributed by atoms with E-state index < -0.39 is 11.4 Å². The minimum atomic E-state index is -0.685. The molecule has 4 heteroatoms. The number of carboxylic acid groups (broad SMARTS) is 1. The van der Waals surface area contributed by atoms with Crippen LogP contribution in [0.3, 0.4) is 0 Å². The zero-order chi connectivity index (χ0) is 14.6. The Bertz CT molecular complexity index is 424. The maximum atomic E-state index is 11.1. The smallest absolute Gasteiger partial charge is 0.309 e. The second-order valence-electron chi connectivity index (χ2n) is 6.43. The van der Waals surface area contributed by atoms with Gasteiger partial charge in [-0.15, -0.1) is 11.3 Å². The van der Waals surface area contributed by atoms with E-state index in [1.165, 1.54) is 17.7 Å². The van der Waals surface area contributed by atoms with E-state index in [1.54, 1.807) is 0 Å². The number of carbonyl (C=O) groups is 1. The van der Waals surface area contributed by atoms with E-state index in [0.717, 1.165) is 38.4 Å². The average molecular weight is 295 g/mol. The molecule has 1 aromatic rings. The lowest BCUT2D eigenvalue weighted by atomic mass is 9.87. The number of thiophene rings is 1. The number of aliphatic carboxylic acids is 1. The monoisotopic (exact) mass is 295 g/mol. The molecule has 0 radical (unpaired) electrons. The van der Waals surface area contributed by atoms with Gasteiger partial charge in [-0.2, -0.15) is 0 Å². The van der Waals surface area contributed by atoms with Gasteiger partial charge in [-0.05, 0) is 57.5 Å². The van der Waals surface area contributed by atoms with Crippen LogP contribution in [0.25, 0.3) is 0 Å². The normalized spacial score (nSPS) is 15.8. The molecule has 0 atom stereocenters. The van der Waals surface area contributed by atoms with Gasteiger partial charge < -0.3 is 5.11 Å². The van der Waals surface area contributed by atoms with E-state index >= 15 is 0 Å². The van der Waals surface area contributed by atoms with Gasteiger partial charge in [0.05, 0.1) is 5.41 Å². The Morgan fingerprint density at radius 1 is 1.45 bits per heavy atom. The number of nitrogens with zero attached hydrogens (tertiary/aromatic N) is 1. The molecule has 112 valence electrons. The minimum Gasteiger partial charge on any atom is -0.481 e. The lowest BCUT2D eigenvalue weighted by Crippen LogP contribution is -2.27. The predicted molar refractivity (Wildman–Crippen MR) is 83.0 cm³/mol. The molecule has 0 unspecified atom stereocenters. The highest BCUT2D eigenvalue weighted by Crippen LogP contribution is 2.30. The molecule has 1 aliphatic rings. The fourth-order valence-corrected chi connectivity index (χ4v) is 3.15. The summed E-state index contributed by atoms with van der Waals surface area (Å²) < 4.78 is 0. The third-order valence-electron chi connectivity index (χ3n) is 4.08. The van der Waals surface area contributed by atoms with Crippen LogP contribution in [0.2, 0.25) is 0 Å². The van der Waals surface area contributed by atoms with Gasteiger partial charge in [0.25, 0.3) is 0 Å². The van der Waals surface area contributed by atoms with E-state index in [9.17, 15) is 4.79 Å². The molecule has 2 rings (SSSR count). The molecule has 1 saturated carbocycles. The van der Waals surface area contributed by atoms with Crippen molar-refractivity contribution in [3.63, 3.8) is 0 Å². The number of hydrogen-bond donors (Lipinski definition) is 1. The lowest BCUT2D eigenvalue weighted by Gasteiger charge is -2.23. The molecule has 1 fully saturated rings. The van der Waals surface area contributed by atoms with Crippen LogP contribution in [-0.2, 0) is 11.3 Å². The SMILES string of the molecule is CC(C)(CCCCN(Cc1cccs1)C1CC1)C(=O)O. The molecule has 0 bridgehead atoms. The van der Waals surface area contributed by atoms with Crippen molar-refractivity contribution in [2.75, 3.05) is 6.54 Å². The highest BCUT2D eigenvalue weighted by molar-refractivity contribution is 7.09. The van der Waals surface area contributed by atoms with Crippen LogP contribution < -0.4 is 0 Å². The molecule has 0 aliphatic heterocycles. The highest BCUT2D eigenvalue weighted by atomic mass is 32.1. The van der Waals surface area contributed by atoms with E-state index in [4.69, 9.17) is 5.11 Å². The molecular formula is C16H25NO2S. The fourth-order valence-electron chi connectivity index (χ4n) is 2.42. The Balaban J connectivity index is 1.72. The van der Waals surface area contributed by atoms with Gasteiger partial charge in [-0.25, -0.2) is 0 Å². The summed E-state index contributed by atoms with van der Waals surface area (Å²) in [5.41, 5.74) is -0.585. The summed E-state index contributed by atoms with van der Waals surface area (Å²) in [5.74, 6) is -0.685. The predicted octanol–water partition coefficient (Wildman–Crippen LogP) is 3.99. The molecule has 0 amide bonds. The number of unbranched alkanes of at least 4 members (excludes halogenated alkanes) is 1. The topological polar surface area (TPSA) is 40.5 Å². The first-order valence-electron chi connectivity index (χ1n) is 7.49. The first kappa shape index (κ1) is 15.5. The van der Waals surface area contributed by atoms with E-state index in [-0.39, 0.29) is 0 Å². The van der Waals surface area contributed by atoms with Crippen molar-refractivity contribution in [2.24, 2.45) is 5.41 Å². The summed E-state index contributed by atoms with van der Waals surface area (Å²) in [4.78, 5) is 15.1. The zero-order valence-corrected chi connectivity index (χ0v) is 13.3. The number of hydrogen-bond acceptors (Lipinski definition) is 3. The first-order chi connectivity index (χ1) is 9.49. The van der Waals surface area contributed by atoms with Gasteiger partial charge in [-0.1, -0.05) is 12.5 Å². The van der Waals surface area contributed by atoms with Crippen molar-refractivity contribution in [3.05, 3.63) is 22.4 Å². The second-order valence-corrected chi connectivity index (χ2v) is 7.46. The van der Waals surface area contributed by atoms with Gasteiger partial charge in [0.1, 0.15) is 0 Å². The third kappa shape index (κ3) is 4.60. The molecule has 1 aliphatic carbocycles. The van der Waals surface area contributed by atoms with Crippen molar-refractivity contribution in [1.82, 2.24) is 4.90 Å². The molecular weight excluding hydrogens is 270 g/mol. The molecule has 20 heavy (non-hydrogen) atoms.